The minimum atomic E-state index is -4.21. The van der Waals surface area contributed by atoms with E-state index in [1.165, 1.54) is 12.1 Å². The zero-order valence-electron chi connectivity index (χ0n) is 20.0. The standard InChI is InChI=1S/C26H23F4N5O2/c1-23(5-6-23)35-22(31)21(32-2)20(33-35)17-4-3-14(8-18(17)27)7-15(36)9-16-10-19(34-37-16)24-11-25(12-24,13-24)26(28,29)30/h3-4,8,10H,5-7,9,11-13,31H2,1H3. The molecular weight excluding hydrogens is 490 g/mol. The van der Waals surface area contributed by atoms with Crippen molar-refractivity contribution in [3.8, 4) is 11.3 Å². The van der Waals surface area contributed by atoms with Gasteiger partial charge >= 0.3 is 6.18 Å². The van der Waals surface area contributed by atoms with Gasteiger partial charge in [0.25, 0.3) is 5.69 Å². The number of anilines is 1. The number of carbonyl (C=O) groups excluding carboxylic acids is 1. The van der Waals surface area contributed by atoms with Gasteiger partial charge in [0.2, 0.25) is 0 Å². The minimum absolute atomic E-state index is 0.00733. The van der Waals surface area contributed by atoms with Crippen LogP contribution in [0.25, 0.3) is 16.1 Å². The third-order valence-electron chi connectivity index (χ3n) is 8.29. The predicted molar refractivity (Wildman–Crippen MR) is 124 cm³/mol. The van der Waals surface area contributed by atoms with Crippen molar-refractivity contribution in [1.29, 1.82) is 0 Å². The summed E-state index contributed by atoms with van der Waals surface area (Å²) in [7, 11) is 0. The van der Waals surface area contributed by atoms with Crippen molar-refractivity contribution in [3.05, 3.63) is 58.5 Å². The average molecular weight is 513 g/mol. The van der Waals surface area contributed by atoms with Crippen LogP contribution < -0.4 is 5.73 Å². The van der Waals surface area contributed by atoms with E-state index in [9.17, 15) is 18.0 Å². The summed E-state index contributed by atoms with van der Waals surface area (Å²) in [4.78, 5) is 16.1. The van der Waals surface area contributed by atoms with Gasteiger partial charge < -0.3 is 10.3 Å². The summed E-state index contributed by atoms with van der Waals surface area (Å²) in [5, 5.41) is 8.37. The number of hydrogen-bond acceptors (Lipinski definition) is 5. The molecule has 4 saturated carbocycles. The number of hydrogen-bond donors (Lipinski definition) is 1. The highest BCUT2D eigenvalue weighted by Gasteiger charge is 2.79. The molecule has 0 radical (unpaired) electrons. The number of rotatable bonds is 7. The van der Waals surface area contributed by atoms with Crippen LogP contribution >= 0.6 is 0 Å². The largest absolute Gasteiger partial charge is 0.394 e. The number of ketones is 1. The van der Waals surface area contributed by atoms with Crippen molar-refractivity contribution >= 4 is 17.3 Å². The lowest BCUT2D eigenvalue weighted by Crippen LogP contribution is -2.70. The lowest BCUT2D eigenvalue weighted by Gasteiger charge is -2.69. The molecule has 7 rings (SSSR count). The number of nitrogen functional groups attached to an aromatic ring is 1. The highest BCUT2D eigenvalue weighted by Crippen LogP contribution is 2.78. The van der Waals surface area contributed by atoms with Crippen LogP contribution in [0.1, 0.15) is 56.0 Å². The van der Waals surface area contributed by atoms with Crippen molar-refractivity contribution in [2.24, 2.45) is 5.41 Å². The summed E-state index contributed by atoms with van der Waals surface area (Å²) in [6.07, 6.45) is -2.60. The minimum Gasteiger partial charge on any atom is -0.393 e. The Morgan fingerprint density at radius 2 is 1.92 bits per heavy atom. The number of Topliss-reactive ketones (excluding diaryl/α,β-unsaturated/α-hetero) is 1. The lowest BCUT2D eigenvalue weighted by atomic mass is 9.34. The van der Waals surface area contributed by atoms with Gasteiger partial charge in [-0.3, -0.25) is 9.48 Å². The highest BCUT2D eigenvalue weighted by atomic mass is 19.4. The maximum absolute atomic E-state index is 15.1. The third-order valence-corrected chi connectivity index (χ3v) is 8.29. The summed E-state index contributed by atoms with van der Waals surface area (Å²) < 4.78 is 61.2. The van der Waals surface area contributed by atoms with Crippen LogP contribution in [0, 0.1) is 17.8 Å². The van der Waals surface area contributed by atoms with Crippen LogP contribution in [0.5, 0.6) is 0 Å². The molecule has 4 aliphatic carbocycles. The average Bonchev–Trinajstić information content (AvgIpc) is 3.17. The summed E-state index contributed by atoms with van der Waals surface area (Å²) in [5.74, 6) is -0.386. The number of halogens is 4. The van der Waals surface area contributed by atoms with E-state index >= 15 is 4.39 Å². The monoisotopic (exact) mass is 513 g/mol. The van der Waals surface area contributed by atoms with Crippen molar-refractivity contribution in [2.75, 3.05) is 5.73 Å². The lowest BCUT2D eigenvalue weighted by molar-refractivity contribution is -0.338. The van der Waals surface area contributed by atoms with Crippen LogP contribution in [-0.2, 0) is 28.6 Å². The molecule has 0 spiro atoms. The van der Waals surface area contributed by atoms with Crippen molar-refractivity contribution in [3.63, 3.8) is 0 Å². The summed E-state index contributed by atoms with van der Waals surface area (Å²) in [6.45, 7) is 9.46. The van der Waals surface area contributed by atoms with E-state index < -0.39 is 22.8 Å². The van der Waals surface area contributed by atoms with E-state index in [0.717, 1.165) is 12.8 Å². The van der Waals surface area contributed by atoms with Crippen LogP contribution in [0.4, 0.5) is 29.1 Å². The molecule has 2 aromatic heterocycles. The van der Waals surface area contributed by atoms with Crippen LogP contribution in [-0.4, -0.2) is 26.9 Å². The second-order valence-corrected chi connectivity index (χ2v) is 11.1. The summed E-state index contributed by atoms with van der Waals surface area (Å²) in [6, 6.07) is 5.88. The molecule has 0 atom stereocenters. The van der Waals surface area contributed by atoms with Gasteiger partial charge in [-0.05, 0) is 50.7 Å². The molecule has 0 saturated heterocycles. The molecule has 11 heteroatoms. The van der Waals surface area contributed by atoms with E-state index in [2.05, 4.69) is 15.1 Å². The smallest absolute Gasteiger partial charge is 0.393 e. The SMILES string of the molecule is [C-]#[N+]c1c(-c2ccc(CC(=O)Cc3cc(C45CC(C(F)(F)F)(C4)C5)no3)cc2F)nn(C2(C)CC2)c1N. The Kier molecular flexibility index (Phi) is 4.76. The fourth-order valence-corrected chi connectivity index (χ4v) is 5.87. The van der Waals surface area contributed by atoms with Crippen molar-refractivity contribution < 1.29 is 26.9 Å². The van der Waals surface area contributed by atoms with Crippen LogP contribution in [0.15, 0.2) is 28.8 Å². The Bertz CT molecular complexity index is 1470. The molecule has 2 heterocycles. The second-order valence-electron chi connectivity index (χ2n) is 11.1. The van der Waals surface area contributed by atoms with Gasteiger partial charge in [-0.1, -0.05) is 17.3 Å². The van der Waals surface area contributed by atoms with Gasteiger partial charge in [-0.2, -0.15) is 18.3 Å². The quantitative estimate of drug-likeness (QED) is 0.325. The molecule has 0 aliphatic heterocycles. The molecule has 4 fully saturated rings. The first-order valence-corrected chi connectivity index (χ1v) is 12.0. The summed E-state index contributed by atoms with van der Waals surface area (Å²) in [5.41, 5.74) is 4.97. The molecule has 0 amide bonds. The van der Waals surface area contributed by atoms with E-state index in [1.54, 1.807) is 16.8 Å². The van der Waals surface area contributed by atoms with Crippen molar-refractivity contribution in [1.82, 2.24) is 14.9 Å². The molecule has 4 aliphatic rings. The zero-order chi connectivity index (χ0) is 26.4. The maximum Gasteiger partial charge on any atom is 0.394 e. The topological polar surface area (TPSA) is 91.3 Å². The van der Waals surface area contributed by atoms with Gasteiger partial charge in [-0.15, -0.1) is 0 Å². The predicted octanol–water partition coefficient (Wildman–Crippen LogP) is 5.66. The molecule has 0 unspecified atom stereocenters. The molecule has 3 aromatic rings. The van der Waals surface area contributed by atoms with Gasteiger partial charge in [0.15, 0.2) is 0 Å². The molecule has 2 bridgehead atoms. The molecule has 1 aromatic carbocycles. The van der Waals surface area contributed by atoms with E-state index in [4.69, 9.17) is 16.8 Å². The second kappa shape index (κ2) is 7.43. The Morgan fingerprint density at radius 1 is 1.22 bits per heavy atom. The van der Waals surface area contributed by atoms with Gasteiger partial charge in [0.05, 0.1) is 29.6 Å². The Labute approximate surface area is 209 Å². The Morgan fingerprint density at radius 3 is 2.51 bits per heavy atom. The molecule has 192 valence electrons. The first-order chi connectivity index (χ1) is 17.4. The third kappa shape index (κ3) is 3.49. The number of nitrogens with zero attached hydrogens (tertiary/aromatic N) is 4. The molecular formula is C26H23F4N5O2. The first-order valence-electron chi connectivity index (χ1n) is 12.0. The number of alkyl halides is 3. The van der Waals surface area contributed by atoms with Gasteiger partial charge in [0, 0.05) is 23.5 Å². The Balaban J connectivity index is 1.13. The molecule has 2 N–H and O–H groups in total. The zero-order valence-corrected chi connectivity index (χ0v) is 20.0. The molecule has 37 heavy (non-hydrogen) atoms. The number of nitrogens with two attached hydrogens (primary N) is 1. The Hall–Kier alpha value is -3.68. The van der Waals surface area contributed by atoms with E-state index in [0.29, 0.717) is 11.3 Å². The maximum atomic E-state index is 15.1. The fourth-order valence-electron chi connectivity index (χ4n) is 5.87. The highest BCUT2D eigenvalue weighted by molar-refractivity contribution is 5.85. The normalized spacial score (nSPS) is 25.2. The summed E-state index contributed by atoms with van der Waals surface area (Å²) >= 11 is 0. The van der Waals surface area contributed by atoms with E-state index in [1.807, 2.05) is 6.92 Å². The number of carbonyl (C=O) groups is 1. The fraction of sp³-hybridized carbons (Fsp3) is 0.462. The van der Waals surface area contributed by atoms with Gasteiger partial charge in [0.1, 0.15) is 28.9 Å². The van der Waals surface area contributed by atoms with Gasteiger partial charge in [-0.25, -0.2) is 9.24 Å². The number of benzene rings is 1. The van der Waals surface area contributed by atoms with E-state index in [-0.39, 0.29) is 71.9 Å². The van der Waals surface area contributed by atoms with Crippen LogP contribution in [0.2, 0.25) is 0 Å². The molecule has 7 nitrogen and oxygen atoms in total. The number of aromatic nitrogens is 3. The van der Waals surface area contributed by atoms with Crippen molar-refractivity contribution in [2.45, 2.75) is 69.0 Å². The van der Waals surface area contributed by atoms with Crippen LogP contribution in [0.3, 0.4) is 0 Å². The first kappa shape index (κ1) is 23.7.